The average molecular weight is 330 g/mol. The molecule has 3 heteroatoms. The first kappa shape index (κ1) is 15.3. The third-order valence-corrected chi connectivity index (χ3v) is 6.25. The van der Waals surface area contributed by atoms with Gasteiger partial charge in [-0.2, -0.15) is 0 Å². The lowest BCUT2D eigenvalue weighted by atomic mass is 9.75. The molecule has 19 heavy (non-hydrogen) atoms. The second-order valence-electron chi connectivity index (χ2n) is 6.60. The molecule has 2 aliphatic carbocycles. The summed E-state index contributed by atoms with van der Waals surface area (Å²) in [6.45, 7) is 0.883. The van der Waals surface area contributed by atoms with Gasteiger partial charge in [0.05, 0.1) is 0 Å². The molecular formula is C16H28BrNO. The minimum atomic E-state index is 0.290. The van der Waals surface area contributed by atoms with Crippen LogP contribution in [0.1, 0.15) is 70.6 Å². The highest BCUT2D eigenvalue weighted by atomic mass is 79.9. The Morgan fingerprint density at radius 3 is 2.16 bits per heavy atom. The average Bonchev–Trinajstić information content (AvgIpc) is 2.75. The molecule has 0 aliphatic heterocycles. The van der Waals surface area contributed by atoms with E-state index in [1.807, 2.05) is 0 Å². The zero-order valence-electron chi connectivity index (χ0n) is 12.1. The molecule has 1 N–H and O–H groups in total. The van der Waals surface area contributed by atoms with Gasteiger partial charge in [0.15, 0.2) is 0 Å². The van der Waals surface area contributed by atoms with Crippen LogP contribution in [0.25, 0.3) is 0 Å². The van der Waals surface area contributed by atoms with Gasteiger partial charge >= 0.3 is 0 Å². The van der Waals surface area contributed by atoms with Gasteiger partial charge in [0.2, 0.25) is 5.91 Å². The van der Waals surface area contributed by atoms with Crippen LogP contribution in [-0.4, -0.2) is 17.8 Å². The molecular weight excluding hydrogens is 302 g/mol. The van der Waals surface area contributed by atoms with Crippen LogP contribution in [0.15, 0.2) is 0 Å². The summed E-state index contributed by atoms with van der Waals surface area (Å²) in [6, 6.07) is 0. The predicted octanol–water partition coefficient (Wildman–Crippen LogP) is 4.42. The number of alkyl halides is 1. The van der Waals surface area contributed by atoms with Gasteiger partial charge in [-0.05, 0) is 31.1 Å². The van der Waals surface area contributed by atoms with Gasteiger partial charge in [-0.25, -0.2) is 0 Å². The van der Waals surface area contributed by atoms with Gasteiger partial charge in [0, 0.05) is 17.8 Å². The van der Waals surface area contributed by atoms with Crippen molar-refractivity contribution < 1.29 is 4.79 Å². The molecule has 0 radical (unpaired) electrons. The summed E-state index contributed by atoms with van der Waals surface area (Å²) in [7, 11) is 0. The fourth-order valence-electron chi connectivity index (χ4n) is 3.62. The van der Waals surface area contributed by atoms with Crippen LogP contribution in [0.3, 0.4) is 0 Å². The number of hydrogen-bond acceptors (Lipinski definition) is 1. The van der Waals surface area contributed by atoms with Crippen molar-refractivity contribution in [3.8, 4) is 0 Å². The molecule has 0 spiro atoms. The van der Waals surface area contributed by atoms with Crippen molar-refractivity contribution >= 4 is 21.8 Å². The molecule has 0 aromatic carbocycles. The molecule has 0 bridgehead atoms. The van der Waals surface area contributed by atoms with Crippen LogP contribution >= 0.6 is 15.9 Å². The van der Waals surface area contributed by atoms with Crippen molar-refractivity contribution in [3.05, 3.63) is 0 Å². The first-order valence-electron chi connectivity index (χ1n) is 8.09. The summed E-state index contributed by atoms with van der Waals surface area (Å²) in [6.07, 6.45) is 13.9. The number of halogens is 1. The fraction of sp³-hybridized carbons (Fsp3) is 0.938. The smallest absolute Gasteiger partial charge is 0.223 e. The molecule has 0 heterocycles. The lowest BCUT2D eigenvalue weighted by molar-refractivity contribution is -0.126. The van der Waals surface area contributed by atoms with Crippen molar-refractivity contribution in [2.75, 3.05) is 11.9 Å². The van der Waals surface area contributed by atoms with Crippen molar-refractivity contribution in [2.45, 2.75) is 70.6 Å². The first-order chi connectivity index (χ1) is 9.26. The van der Waals surface area contributed by atoms with Crippen molar-refractivity contribution in [1.29, 1.82) is 0 Å². The number of amides is 1. The van der Waals surface area contributed by atoms with E-state index in [1.54, 1.807) is 0 Å². The van der Waals surface area contributed by atoms with Gasteiger partial charge in [-0.3, -0.25) is 4.79 Å². The van der Waals surface area contributed by atoms with E-state index < -0.39 is 0 Å². The largest absolute Gasteiger partial charge is 0.355 e. The highest BCUT2D eigenvalue weighted by molar-refractivity contribution is 9.09. The Morgan fingerprint density at radius 2 is 1.58 bits per heavy atom. The Labute approximate surface area is 126 Å². The van der Waals surface area contributed by atoms with Crippen molar-refractivity contribution in [1.82, 2.24) is 5.32 Å². The van der Waals surface area contributed by atoms with Crippen LogP contribution in [0, 0.1) is 11.3 Å². The maximum Gasteiger partial charge on any atom is 0.223 e. The molecule has 2 aliphatic rings. The molecule has 2 saturated carbocycles. The summed E-state index contributed by atoms with van der Waals surface area (Å²) >= 11 is 3.68. The Hall–Kier alpha value is -0.0500. The van der Waals surface area contributed by atoms with E-state index in [1.165, 1.54) is 57.8 Å². The molecule has 0 aromatic rings. The van der Waals surface area contributed by atoms with Gasteiger partial charge < -0.3 is 5.32 Å². The van der Waals surface area contributed by atoms with E-state index in [-0.39, 0.29) is 0 Å². The number of carbonyl (C=O) groups excluding carboxylic acids is 1. The Kier molecular flexibility index (Phi) is 6.18. The van der Waals surface area contributed by atoms with Gasteiger partial charge in [-0.15, -0.1) is 0 Å². The Bertz CT molecular complexity index is 278. The highest BCUT2D eigenvalue weighted by Crippen LogP contribution is 2.37. The summed E-state index contributed by atoms with van der Waals surface area (Å²) in [5.74, 6) is 0.617. The minimum absolute atomic E-state index is 0.290. The zero-order valence-corrected chi connectivity index (χ0v) is 13.6. The zero-order chi connectivity index (χ0) is 13.6. The lowest BCUT2D eigenvalue weighted by Crippen LogP contribution is -2.42. The minimum Gasteiger partial charge on any atom is -0.355 e. The Morgan fingerprint density at radius 1 is 1.00 bits per heavy atom. The van der Waals surface area contributed by atoms with E-state index in [4.69, 9.17) is 0 Å². The molecule has 1 amide bonds. The van der Waals surface area contributed by atoms with Crippen LogP contribution in [-0.2, 0) is 4.79 Å². The van der Waals surface area contributed by atoms with Gasteiger partial charge in [0.1, 0.15) is 0 Å². The molecule has 0 atom stereocenters. The number of nitrogens with one attached hydrogen (secondary N) is 1. The standard InChI is InChI=1S/C16H28BrNO/c17-12-16(10-6-3-7-11-16)13-18-15(19)14-8-4-1-2-5-9-14/h14H,1-13H2,(H,18,19). The maximum atomic E-state index is 12.3. The third kappa shape index (κ3) is 4.47. The summed E-state index contributed by atoms with van der Waals surface area (Å²) in [5.41, 5.74) is 0.332. The number of hydrogen-bond donors (Lipinski definition) is 1. The van der Waals surface area contributed by atoms with Crippen LogP contribution in [0.4, 0.5) is 0 Å². The lowest BCUT2D eigenvalue weighted by Gasteiger charge is -2.36. The number of rotatable bonds is 4. The SMILES string of the molecule is O=C(NCC1(CBr)CCCCC1)C1CCCCCC1. The summed E-state index contributed by atoms with van der Waals surface area (Å²) < 4.78 is 0. The summed E-state index contributed by atoms with van der Waals surface area (Å²) in [4.78, 5) is 12.3. The summed E-state index contributed by atoms with van der Waals surface area (Å²) in [5, 5.41) is 4.31. The molecule has 110 valence electrons. The quantitative estimate of drug-likeness (QED) is 0.600. The van der Waals surface area contributed by atoms with E-state index in [0.717, 1.165) is 24.7 Å². The highest BCUT2D eigenvalue weighted by Gasteiger charge is 2.32. The van der Waals surface area contributed by atoms with Crippen LogP contribution in [0.5, 0.6) is 0 Å². The van der Waals surface area contributed by atoms with Crippen LogP contribution < -0.4 is 5.32 Å². The number of carbonyl (C=O) groups is 1. The van der Waals surface area contributed by atoms with Crippen molar-refractivity contribution in [2.24, 2.45) is 11.3 Å². The molecule has 0 saturated heterocycles. The molecule has 2 rings (SSSR count). The monoisotopic (exact) mass is 329 g/mol. The maximum absolute atomic E-state index is 12.3. The second kappa shape index (κ2) is 7.66. The van der Waals surface area contributed by atoms with Crippen LogP contribution in [0.2, 0.25) is 0 Å². The van der Waals surface area contributed by atoms with E-state index in [0.29, 0.717) is 17.2 Å². The van der Waals surface area contributed by atoms with E-state index in [9.17, 15) is 4.79 Å². The van der Waals surface area contributed by atoms with Crippen molar-refractivity contribution in [3.63, 3.8) is 0 Å². The third-order valence-electron chi connectivity index (χ3n) is 5.06. The Balaban J connectivity index is 1.80. The van der Waals surface area contributed by atoms with E-state index in [2.05, 4.69) is 21.2 Å². The first-order valence-corrected chi connectivity index (χ1v) is 9.22. The van der Waals surface area contributed by atoms with E-state index >= 15 is 0 Å². The topological polar surface area (TPSA) is 29.1 Å². The second-order valence-corrected chi connectivity index (χ2v) is 7.16. The molecule has 2 nitrogen and oxygen atoms in total. The molecule has 2 fully saturated rings. The predicted molar refractivity (Wildman–Crippen MR) is 83.5 cm³/mol. The molecule has 0 aromatic heterocycles. The van der Waals surface area contributed by atoms with Gasteiger partial charge in [0.25, 0.3) is 0 Å². The van der Waals surface area contributed by atoms with Gasteiger partial charge in [-0.1, -0.05) is 60.9 Å². The normalized spacial score (nSPS) is 24.7. The molecule has 0 unspecified atom stereocenters. The fourth-order valence-corrected chi connectivity index (χ4v) is 4.38.